The van der Waals surface area contributed by atoms with Crippen LogP contribution in [0.2, 0.25) is 0 Å². The maximum atomic E-state index is 5.52. The highest BCUT2D eigenvalue weighted by Gasteiger charge is 2.57. The maximum Gasteiger partial charge on any atom is 0.171 e. The highest BCUT2D eigenvalue weighted by molar-refractivity contribution is 7.80. The van der Waals surface area contributed by atoms with Gasteiger partial charge in [-0.25, -0.2) is 0 Å². The molecule has 19 heavy (non-hydrogen) atoms. The van der Waals surface area contributed by atoms with Gasteiger partial charge in [0.25, 0.3) is 0 Å². The number of para-hydroxylation sites is 1. The van der Waals surface area contributed by atoms with Gasteiger partial charge in [0.2, 0.25) is 0 Å². The monoisotopic (exact) mass is 272 g/mol. The second kappa shape index (κ2) is 4.20. The zero-order valence-electron chi connectivity index (χ0n) is 11.1. The molecule has 0 aromatic heterocycles. The molecule has 4 aliphatic carbocycles. The minimum Gasteiger partial charge on any atom is -0.357 e. The minimum atomic E-state index is 0.326. The number of thiocarbonyl (C=S) groups is 1. The summed E-state index contributed by atoms with van der Waals surface area (Å²) in [6.07, 6.45) is 7.00. The molecule has 4 fully saturated rings. The van der Waals surface area contributed by atoms with Crippen molar-refractivity contribution in [3.05, 3.63) is 30.3 Å². The van der Waals surface area contributed by atoms with Gasteiger partial charge in [0.1, 0.15) is 0 Å². The van der Waals surface area contributed by atoms with Gasteiger partial charge in [-0.05, 0) is 74.2 Å². The molecule has 1 aromatic rings. The van der Waals surface area contributed by atoms with Gasteiger partial charge in [0, 0.05) is 11.2 Å². The van der Waals surface area contributed by atoms with E-state index in [0.717, 1.165) is 28.6 Å². The van der Waals surface area contributed by atoms with E-state index < -0.39 is 0 Å². The number of anilines is 1. The third-order valence-electron chi connectivity index (χ3n) is 5.38. The molecule has 0 aliphatic heterocycles. The molecule has 4 bridgehead atoms. The Labute approximate surface area is 120 Å². The zero-order valence-corrected chi connectivity index (χ0v) is 11.9. The van der Waals surface area contributed by atoms with E-state index in [9.17, 15) is 0 Å². The van der Waals surface area contributed by atoms with Crippen LogP contribution in [0, 0.1) is 17.8 Å². The normalized spacial score (nSPS) is 38.4. The lowest BCUT2D eigenvalue weighted by Gasteiger charge is -2.35. The summed E-state index contributed by atoms with van der Waals surface area (Å²) in [5, 5.41) is 7.82. The van der Waals surface area contributed by atoms with E-state index in [1.807, 2.05) is 18.2 Å². The van der Waals surface area contributed by atoms with Crippen LogP contribution in [0.1, 0.15) is 32.1 Å². The Morgan fingerprint density at radius 1 is 1.05 bits per heavy atom. The molecule has 1 aromatic carbocycles. The molecule has 3 heteroatoms. The predicted molar refractivity (Wildman–Crippen MR) is 82.1 cm³/mol. The van der Waals surface area contributed by atoms with Crippen molar-refractivity contribution in [3.8, 4) is 0 Å². The van der Waals surface area contributed by atoms with Gasteiger partial charge >= 0.3 is 0 Å². The molecule has 0 radical (unpaired) electrons. The van der Waals surface area contributed by atoms with E-state index in [1.165, 1.54) is 32.1 Å². The van der Waals surface area contributed by atoms with Crippen molar-refractivity contribution in [3.63, 3.8) is 0 Å². The fourth-order valence-electron chi connectivity index (χ4n) is 4.91. The molecule has 5 rings (SSSR count). The second-order valence-electron chi connectivity index (χ2n) is 6.65. The molecule has 0 heterocycles. The van der Waals surface area contributed by atoms with E-state index in [-0.39, 0.29) is 0 Å². The summed E-state index contributed by atoms with van der Waals surface area (Å²) in [4.78, 5) is 0. The van der Waals surface area contributed by atoms with Crippen LogP contribution in [-0.4, -0.2) is 10.7 Å². The molecular weight excluding hydrogens is 252 g/mol. The van der Waals surface area contributed by atoms with Gasteiger partial charge in [-0.1, -0.05) is 18.2 Å². The Morgan fingerprint density at radius 2 is 1.74 bits per heavy atom. The molecular formula is C16H20N2S. The van der Waals surface area contributed by atoms with Gasteiger partial charge in [-0.2, -0.15) is 0 Å². The molecule has 0 amide bonds. The second-order valence-corrected chi connectivity index (χ2v) is 7.05. The lowest BCUT2D eigenvalue weighted by molar-refractivity contribution is 0.256. The molecule has 4 saturated carbocycles. The van der Waals surface area contributed by atoms with Crippen molar-refractivity contribution in [2.75, 3.05) is 5.32 Å². The Morgan fingerprint density at radius 3 is 2.42 bits per heavy atom. The van der Waals surface area contributed by atoms with E-state index in [1.54, 1.807) is 0 Å². The van der Waals surface area contributed by atoms with E-state index in [4.69, 9.17) is 12.2 Å². The first-order valence-electron chi connectivity index (χ1n) is 7.38. The molecule has 2 nitrogen and oxygen atoms in total. The highest BCUT2D eigenvalue weighted by Crippen LogP contribution is 2.60. The van der Waals surface area contributed by atoms with Crippen molar-refractivity contribution in [1.29, 1.82) is 0 Å². The fourth-order valence-corrected chi connectivity index (χ4v) is 5.23. The molecule has 100 valence electrons. The Bertz CT molecular complexity index is 485. The summed E-state index contributed by atoms with van der Waals surface area (Å²) >= 11 is 5.52. The predicted octanol–water partition coefficient (Wildman–Crippen LogP) is 3.55. The maximum absolute atomic E-state index is 5.52. The lowest BCUT2D eigenvalue weighted by Crippen LogP contribution is -2.50. The number of nitrogens with one attached hydrogen (secondary N) is 2. The standard InChI is InChI=1S/C16H20N2S/c19-15(17-14-4-2-1-3-5-14)18-16-9-11-6-12(10-16)8-13(16)7-11/h1-5,11-13H,6-10H2,(H2,17,18,19)/t11-,12-,13?,16?/m0/s1. The average molecular weight is 272 g/mol. The highest BCUT2D eigenvalue weighted by atomic mass is 32.1. The first-order chi connectivity index (χ1) is 9.23. The zero-order chi connectivity index (χ0) is 12.9. The van der Waals surface area contributed by atoms with Gasteiger partial charge in [-0.3, -0.25) is 0 Å². The van der Waals surface area contributed by atoms with Crippen molar-refractivity contribution >= 4 is 23.0 Å². The van der Waals surface area contributed by atoms with Gasteiger partial charge in [0.05, 0.1) is 0 Å². The van der Waals surface area contributed by atoms with Gasteiger partial charge in [-0.15, -0.1) is 0 Å². The smallest absolute Gasteiger partial charge is 0.171 e. The van der Waals surface area contributed by atoms with Crippen molar-refractivity contribution in [1.82, 2.24) is 5.32 Å². The molecule has 0 unspecified atom stereocenters. The van der Waals surface area contributed by atoms with Crippen LogP contribution in [0.3, 0.4) is 0 Å². The fraction of sp³-hybridized carbons (Fsp3) is 0.562. The largest absolute Gasteiger partial charge is 0.357 e. The summed E-state index contributed by atoms with van der Waals surface area (Å²) in [6, 6.07) is 10.2. The molecule has 2 atom stereocenters. The first-order valence-corrected chi connectivity index (χ1v) is 7.78. The number of hydrogen-bond acceptors (Lipinski definition) is 1. The van der Waals surface area contributed by atoms with E-state index >= 15 is 0 Å². The number of benzene rings is 1. The van der Waals surface area contributed by atoms with Crippen LogP contribution in [0.15, 0.2) is 30.3 Å². The van der Waals surface area contributed by atoms with E-state index in [0.29, 0.717) is 5.54 Å². The van der Waals surface area contributed by atoms with Gasteiger partial charge < -0.3 is 10.6 Å². The third-order valence-corrected chi connectivity index (χ3v) is 5.59. The van der Waals surface area contributed by atoms with Gasteiger partial charge in [0.15, 0.2) is 5.11 Å². The van der Waals surface area contributed by atoms with Crippen molar-refractivity contribution < 1.29 is 0 Å². The summed E-state index contributed by atoms with van der Waals surface area (Å²) in [5.74, 6) is 2.79. The number of hydrogen-bond donors (Lipinski definition) is 2. The quantitative estimate of drug-likeness (QED) is 0.805. The summed E-state index contributed by atoms with van der Waals surface area (Å²) in [5.41, 5.74) is 1.40. The third kappa shape index (κ3) is 1.95. The lowest BCUT2D eigenvalue weighted by atomic mass is 9.80. The Balaban J connectivity index is 1.46. The average Bonchev–Trinajstić information content (AvgIpc) is 2.74. The first kappa shape index (κ1) is 11.7. The SMILES string of the molecule is S=C(Nc1ccccc1)NC12C[C@@H]3CC1C[C@H](C3)C2. The Kier molecular flexibility index (Phi) is 2.59. The van der Waals surface area contributed by atoms with Crippen molar-refractivity contribution in [2.45, 2.75) is 37.6 Å². The van der Waals surface area contributed by atoms with Crippen LogP contribution in [0.4, 0.5) is 5.69 Å². The van der Waals surface area contributed by atoms with E-state index in [2.05, 4.69) is 22.8 Å². The minimum absolute atomic E-state index is 0.326. The number of rotatable bonds is 2. The van der Waals surface area contributed by atoms with Crippen LogP contribution in [0.5, 0.6) is 0 Å². The molecule has 2 N–H and O–H groups in total. The van der Waals surface area contributed by atoms with Crippen LogP contribution < -0.4 is 10.6 Å². The Hall–Kier alpha value is -1.09. The summed E-state index contributed by atoms with van der Waals surface area (Å²) in [7, 11) is 0. The topological polar surface area (TPSA) is 24.1 Å². The van der Waals surface area contributed by atoms with Crippen LogP contribution in [0.25, 0.3) is 0 Å². The summed E-state index contributed by atoms with van der Waals surface area (Å²) in [6.45, 7) is 0. The molecule has 0 spiro atoms. The van der Waals surface area contributed by atoms with Crippen LogP contribution in [-0.2, 0) is 0 Å². The van der Waals surface area contributed by atoms with Crippen LogP contribution >= 0.6 is 12.2 Å². The van der Waals surface area contributed by atoms with Crippen molar-refractivity contribution in [2.24, 2.45) is 17.8 Å². The molecule has 0 saturated heterocycles. The summed E-state index contributed by atoms with van der Waals surface area (Å²) < 4.78 is 0. The molecule has 4 aliphatic rings.